The summed E-state index contributed by atoms with van der Waals surface area (Å²) in [4.78, 5) is 44.1. The maximum atomic E-state index is 14.4. The van der Waals surface area contributed by atoms with Crippen LogP contribution in [0.4, 0.5) is 16.2 Å². The van der Waals surface area contributed by atoms with Crippen LogP contribution in [0.1, 0.15) is 82.5 Å². The van der Waals surface area contributed by atoms with E-state index in [2.05, 4.69) is 10.6 Å². The fourth-order valence-electron chi connectivity index (χ4n) is 6.45. The summed E-state index contributed by atoms with van der Waals surface area (Å²) >= 11 is 0. The second-order valence-electron chi connectivity index (χ2n) is 13.4. The zero-order valence-electron chi connectivity index (χ0n) is 29.2. The number of benzene rings is 2. The Hall–Kier alpha value is -3.83. The molecule has 1 aliphatic heterocycles. The number of likely N-dealkylation sites (N-methyl/N-ethyl adjacent to an activating group) is 1. The predicted molar refractivity (Wildman–Crippen MR) is 187 cm³/mol. The minimum absolute atomic E-state index is 0.0594. The summed E-state index contributed by atoms with van der Waals surface area (Å²) in [6.07, 6.45) is 7.23. The molecule has 1 saturated carbocycles. The number of nitrogens with zero attached hydrogens (tertiary/aromatic N) is 2. The average Bonchev–Trinajstić information content (AvgIpc) is 3.09. The summed E-state index contributed by atoms with van der Waals surface area (Å²) in [5.74, 6) is 0.842. The summed E-state index contributed by atoms with van der Waals surface area (Å²) in [5, 5.41) is 15.9. The molecule has 1 fully saturated rings. The Balaban J connectivity index is 1.57. The van der Waals surface area contributed by atoms with Crippen LogP contribution in [0.15, 0.2) is 42.5 Å². The lowest BCUT2D eigenvalue weighted by Crippen LogP contribution is -2.48. The second kappa shape index (κ2) is 18.1. The Morgan fingerprint density at radius 3 is 2.35 bits per heavy atom. The Morgan fingerprint density at radius 2 is 1.67 bits per heavy atom. The monoisotopic (exact) mass is 666 g/mol. The number of hydrogen-bond acceptors (Lipinski definition) is 7. The van der Waals surface area contributed by atoms with Gasteiger partial charge in [-0.25, -0.2) is 4.79 Å². The quantitative estimate of drug-likeness (QED) is 0.307. The molecule has 1 aliphatic carbocycles. The zero-order valence-corrected chi connectivity index (χ0v) is 29.2. The molecule has 4 amide bonds. The van der Waals surface area contributed by atoms with Crippen molar-refractivity contribution >= 4 is 29.2 Å². The molecule has 0 saturated heterocycles. The van der Waals surface area contributed by atoms with Crippen molar-refractivity contribution in [2.24, 2.45) is 11.8 Å². The van der Waals surface area contributed by atoms with Crippen molar-refractivity contribution in [3.8, 4) is 11.5 Å². The molecular weight excluding hydrogens is 612 g/mol. The van der Waals surface area contributed by atoms with Crippen LogP contribution in [0.2, 0.25) is 0 Å². The highest BCUT2D eigenvalue weighted by Gasteiger charge is 2.32. The van der Waals surface area contributed by atoms with Gasteiger partial charge in [0.15, 0.2) is 0 Å². The van der Waals surface area contributed by atoms with E-state index in [1.165, 1.54) is 6.42 Å². The van der Waals surface area contributed by atoms with Gasteiger partial charge in [0, 0.05) is 50.0 Å². The molecule has 0 bridgehead atoms. The molecule has 3 N–H and O–H groups in total. The van der Waals surface area contributed by atoms with Crippen LogP contribution in [0.25, 0.3) is 0 Å². The molecule has 0 radical (unpaired) electrons. The Bertz CT molecular complexity index is 1350. The number of ether oxygens (including phenoxy) is 3. The van der Waals surface area contributed by atoms with Gasteiger partial charge in [-0.2, -0.15) is 0 Å². The topological polar surface area (TPSA) is 130 Å². The molecule has 2 aromatic rings. The minimum atomic E-state index is -0.504. The molecule has 0 aromatic heterocycles. The van der Waals surface area contributed by atoms with Crippen LogP contribution < -0.4 is 20.1 Å². The van der Waals surface area contributed by atoms with E-state index in [1.807, 2.05) is 25.8 Å². The Kier molecular flexibility index (Phi) is 13.9. The van der Waals surface area contributed by atoms with Gasteiger partial charge >= 0.3 is 6.03 Å². The SMILES string of the molecule is COc1ccc(NC(=O)Nc2ccc3c(c2)C(=O)N([C@@H](C)CO)C[C@@H](C)[C@H](CN(C)C(=O)C2CCCCC2)OCCCC[C@@H](C)O3)cc1. The zero-order chi connectivity index (χ0) is 34.6. The van der Waals surface area contributed by atoms with Gasteiger partial charge < -0.3 is 39.8 Å². The van der Waals surface area contributed by atoms with Crippen LogP contribution in [0.3, 0.4) is 0 Å². The number of aliphatic hydroxyl groups is 1. The second-order valence-corrected chi connectivity index (χ2v) is 13.4. The lowest BCUT2D eigenvalue weighted by atomic mass is 9.88. The number of rotatable bonds is 8. The number of carbonyl (C=O) groups is 3. The molecular formula is C37H54N4O7. The predicted octanol–water partition coefficient (Wildman–Crippen LogP) is 6.17. The van der Waals surface area contributed by atoms with E-state index in [-0.39, 0.29) is 48.0 Å². The summed E-state index contributed by atoms with van der Waals surface area (Å²) in [6.45, 7) is 6.83. The van der Waals surface area contributed by atoms with E-state index >= 15 is 0 Å². The highest BCUT2D eigenvalue weighted by Crippen LogP contribution is 2.29. The van der Waals surface area contributed by atoms with E-state index in [0.717, 1.165) is 44.9 Å². The Labute approximate surface area is 285 Å². The first-order chi connectivity index (χ1) is 23.1. The fraction of sp³-hybridized carbons (Fsp3) is 0.595. The van der Waals surface area contributed by atoms with E-state index < -0.39 is 12.1 Å². The molecule has 11 heteroatoms. The van der Waals surface area contributed by atoms with Crippen molar-refractivity contribution in [1.82, 2.24) is 9.80 Å². The van der Waals surface area contributed by atoms with Crippen molar-refractivity contribution in [2.75, 3.05) is 51.1 Å². The number of urea groups is 1. The molecule has 4 rings (SSSR count). The fourth-order valence-corrected chi connectivity index (χ4v) is 6.45. The molecule has 2 aromatic carbocycles. The van der Waals surface area contributed by atoms with E-state index in [1.54, 1.807) is 61.4 Å². The maximum Gasteiger partial charge on any atom is 0.323 e. The first-order valence-corrected chi connectivity index (χ1v) is 17.4. The molecule has 1 heterocycles. The third-order valence-electron chi connectivity index (χ3n) is 9.44. The highest BCUT2D eigenvalue weighted by molar-refractivity contribution is 6.02. The number of methoxy groups -OCH3 is 1. The number of fused-ring (bicyclic) bond motifs is 1. The number of amides is 4. The molecule has 2 aliphatic rings. The highest BCUT2D eigenvalue weighted by atomic mass is 16.5. The molecule has 48 heavy (non-hydrogen) atoms. The molecule has 4 atom stereocenters. The van der Waals surface area contributed by atoms with Gasteiger partial charge in [-0.3, -0.25) is 9.59 Å². The Morgan fingerprint density at radius 1 is 1.00 bits per heavy atom. The summed E-state index contributed by atoms with van der Waals surface area (Å²) in [5.41, 5.74) is 1.29. The van der Waals surface area contributed by atoms with Gasteiger partial charge in [0.1, 0.15) is 11.5 Å². The van der Waals surface area contributed by atoms with Gasteiger partial charge in [-0.15, -0.1) is 0 Å². The minimum Gasteiger partial charge on any atom is -0.497 e. The van der Waals surface area contributed by atoms with Crippen molar-refractivity contribution in [1.29, 1.82) is 0 Å². The van der Waals surface area contributed by atoms with Crippen LogP contribution in [-0.4, -0.2) is 91.5 Å². The largest absolute Gasteiger partial charge is 0.497 e. The van der Waals surface area contributed by atoms with Gasteiger partial charge in [-0.05, 0) is 88.4 Å². The lowest BCUT2D eigenvalue weighted by Gasteiger charge is -2.36. The number of anilines is 2. The van der Waals surface area contributed by atoms with Gasteiger partial charge in [-0.1, -0.05) is 26.2 Å². The van der Waals surface area contributed by atoms with Crippen molar-refractivity contribution in [2.45, 2.75) is 90.4 Å². The van der Waals surface area contributed by atoms with Crippen LogP contribution >= 0.6 is 0 Å². The standard InChI is InChI=1S/C37H54N4O7/c1-25-22-41(26(2)24-42)36(44)32-21-30(39-37(45)38-29-14-17-31(46-5)18-15-29)16-19-33(32)48-27(3)11-9-10-20-47-34(25)23-40(4)35(43)28-12-7-6-8-13-28/h14-19,21,25-28,34,42H,6-13,20,22-24H2,1-5H3,(H2,38,39,45)/t25-,26+,27-,34+/m1/s1. The molecule has 0 unspecified atom stereocenters. The van der Waals surface area contributed by atoms with Crippen molar-refractivity contribution in [3.63, 3.8) is 0 Å². The maximum absolute atomic E-state index is 14.4. The van der Waals surface area contributed by atoms with Crippen molar-refractivity contribution in [3.05, 3.63) is 48.0 Å². The molecule has 0 spiro atoms. The molecule has 11 nitrogen and oxygen atoms in total. The van der Waals surface area contributed by atoms with Gasteiger partial charge in [0.2, 0.25) is 5.91 Å². The average molecular weight is 667 g/mol. The number of nitrogens with one attached hydrogen (secondary N) is 2. The number of aliphatic hydroxyl groups excluding tert-OH is 1. The summed E-state index contributed by atoms with van der Waals surface area (Å²) < 4.78 is 17.9. The van der Waals surface area contributed by atoms with E-state index in [4.69, 9.17) is 14.2 Å². The van der Waals surface area contributed by atoms with Crippen molar-refractivity contribution < 1.29 is 33.7 Å². The third kappa shape index (κ3) is 10.3. The number of carbonyl (C=O) groups excluding carboxylic acids is 3. The van der Waals surface area contributed by atoms with Crippen LogP contribution in [0.5, 0.6) is 11.5 Å². The third-order valence-corrected chi connectivity index (χ3v) is 9.44. The first kappa shape index (κ1) is 37.0. The van der Waals surface area contributed by atoms with Gasteiger partial charge in [0.25, 0.3) is 5.91 Å². The summed E-state index contributed by atoms with van der Waals surface area (Å²) in [6, 6.07) is 11.0. The molecule has 264 valence electrons. The van der Waals surface area contributed by atoms with Gasteiger partial charge in [0.05, 0.1) is 37.5 Å². The van der Waals surface area contributed by atoms with E-state index in [0.29, 0.717) is 42.6 Å². The lowest BCUT2D eigenvalue weighted by molar-refractivity contribution is -0.137. The first-order valence-electron chi connectivity index (χ1n) is 17.4. The summed E-state index contributed by atoms with van der Waals surface area (Å²) in [7, 11) is 3.43. The normalized spacial score (nSPS) is 22.0. The van der Waals surface area contributed by atoms with Crippen LogP contribution in [-0.2, 0) is 9.53 Å². The van der Waals surface area contributed by atoms with Crippen LogP contribution in [0, 0.1) is 11.8 Å². The number of hydrogen-bond donors (Lipinski definition) is 3. The smallest absolute Gasteiger partial charge is 0.323 e. The van der Waals surface area contributed by atoms with E-state index in [9.17, 15) is 19.5 Å².